The molecule has 1 aliphatic carbocycles. The maximum absolute atomic E-state index is 13.1. The summed E-state index contributed by atoms with van der Waals surface area (Å²) < 4.78 is 18.6. The second kappa shape index (κ2) is 5.94. The molecule has 1 N–H and O–H groups in total. The van der Waals surface area contributed by atoms with Crippen LogP contribution in [0.15, 0.2) is 22.7 Å². The highest BCUT2D eigenvalue weighted by Gasteiger charge is 2.37. The van der Waals surface area contributed by atoms with Crippen molar-refractivity contribution in [3.8, 4) is 0 Å². The summed E-state index contributed by atoms with van der Waals surface area (Å²) in [7, 11) is 1.71. The van der Waals surface area contributed by atoms with Crippen molar-refractivity contribution in [2.45, 2.75) is 12.3 Å². The van der Waals surface area contributed by atoms with E-state index in [1.54, 1.807) is 7.11 Å². The first-order valence-electron chi connectivity index (χ1n) is 5.87. The minimum absolute atomic E-state index is 0.191. The Bertz CT molecular complexity index is 386. The summed E-state index contributed by atoms with van der Waals surface area (Å²) in [4.78, 5) is 0. The molecule has 2 unspecified atom stereocenters. The average molecular weight is 302 g/mol. The molecule has 1 fully saturated rings. The summed E-state index contributed by atoms with van der Waals surface area (Å²) >= 11 is 3.23. The zero-order valence-electron chi connectivity index (χ0n) is 9.88. The van der Waals surface area contributed by atoms with Crippen molar-refractivity contribution in [1.29, 1.82) is 0 Å². The quantitative estimate of drug-likeness (QED) is 0.816. The fourth-order valence-electron chi connectivity index (χ4n) is 2.09. The van der Waals surface area contributed by atoms with Gasteiger partial charge in [-0.3, -0.25) is 0 Å². The van der Waals surface area contributed by atoms with E-state index < -0.39 is 0 Å². The molecule has 0 aromatic heterocycles. The number of rotatable bonds is 6. The molecule has 0 spiro atoms. The van der Waals surface area contributed by atoms with Gasteiger partial charge in [0.25, 0.3) is 0 Å². The van der Waals surface area contributed by atoms with Crippen molar-refractivity contribution in [3.63, 3.8) is 0 Å². The van der Waals surface area contributed by atoms with Gasteiger partial charge in [0.05, 0.1) is 11.1 Å². The first kappa shape index (κ1) is 13.0. The summed E-state index contributed by atoms with van der Waals surface area (Å²) in [5.74, 6) is 1.08. The lowest BCUT2D eigenvalue weighted by Crippen LogP contribution is -2.21. The van der Waals surface area contributed by atoms with Gasteiger partial charge in [0.1, 0.15) is 5.82 Å². The van der Waals surface area contributed by atoms with Crippen LogP contribution < -0.4 is 5.32 Å². The van der Waals surface area contributed by atoms with E-state index in [1.807, 2.05) is 12.1 Å². The highest BCUT2D eigenvalue weighted by molar-refractivity contribution is 9.10. The number of ether oxygens (including phenoxy) is 1. The van der Waals surface area contributed by atoms with Crippen LogP contribution in [0.4, 0.5) is 4.39 Å². The SMILES string of the molecule is COCCNCC1CC1c1ccc(F)c(Br)c1. The molecule has 2 nitrogen and oxygen atoms in total. The van der Waals surface area contributed by atoms with E-state index in [-0.39, 0.29) is 5.82 Å². The molecule has 4 heteroatoms. The lowest BCUT2D eigenvalue weighted by Gasteiger charge is -2.04. The Morgan fingerprint density at radius 2 is 2.35 bits per heavy atom. The zero-order valence-corrected chi connectivity index (χ0v) is 11.5. The smallest absolute Gasteiger partial charge is 0.137 e. The molecule has 0 radical (unpaired) electrons. The van der Waals surface area contributed by atoms with Crippen LogP contribution in [0.25, 0.3) is 0 Å². The highest BCUT2D eigenvalue weighted by atomic mass is 79.9. The van der Waals surface area contributed by atoms with Crippen LogP contribution >= 0.6 is 15.9 Å². The molecule has 0 bridgehead atoms. The van der Waals surface area contributed by atoms with Crippen molar-refractivity contribution in [2.75, 3.05) is 26.8 Å². The number of hydrogen-bond acceptors (Lipinski definition) is 2. The summed E-state index contributed by atoms with van der Waals surface area (Å²) in [5, 5.41) is 3.36. The van der Waals surface area contributed by atoms with Gasteiger partial charge in [-0.05, 0) is 58.4 Å². The molecule has 0 heterocycles. The first-order chi connectivity index (χ1) is 8.22. The van der Waals surface area contributed by atoms with Crippen LogP contribution in [0.2, 0.25) is 0 Å². The van der Waals surface area contributed by atoms with E-state index in [9.17, 15) is 4.39 Å². The Balaban J connectivity index is 1.79. The third-order valence-electron chi connectivity index (χ3n) is 3.18. The first-order valence-corrected chi connectivity index (χ1v) is 6.66. The van der Waals surface area contributed by atoms with Gasteiger partial charge < -0.3 is 10.1 Å². The molecule has 1 aromatic rings. The molecule has 94 valence electrons. The van der Waals surface area contributed by atoms with E-state index in [0.717, 1.165) is 19.7 Å². The second-order valence-electron chi connectivity index (χ2n) is 4.47. The molecule has 17 heavy (non-hydrogen) atoms. The van der Waals surface area contributed by atoms with Crippen molar-refractivity contribution < 1.29 is 9.13 Å². The summed E-state index contributed by atoms with van der Waals surface area (Å²) in [6.07, 6.45) is 1.19. The maximum Gasteiger partial charge on any atom is 0.137 e. The Morgan fingerprint density at radius 1 is 1.53 bits per heavy atom. The summed E-state index contributed by atoms with van der Waals surface area (Å²) in [5.41, 5.74) is 1.23. The third kappa shape index (κ3) is 3.50. The zero-order chi connectivity index (χ0) is 12.3. The molecular formula is C13H17BrFNO. The predicted octanol–water partition coefficient (Wildman–Crippen LogP) is 2.93. The second-order valence-corrected chi connectivity index (χ2v) is 5.33. The molecular weight excluding hydrogens is 285 g/mol. The minimum Gasteiger partial charge on any atom is -0.383 e. The van der Waals surface area contributed by atoms with Crippen LogP contribution in [0.3, 0.4) is 0 Å². The fourth-order valence-corrected chi connectivity index (χ4v) is 2.48. The highest BCUT2D eigenvalue weighted by Crippen LogP contribution is 2.47. The van der Waals surface area contributed by atoms with E-state index in [2.05, 4.69) is 21.2 Å². The van der Waals surface area contributed by atoms with Crippen LogP contribution in [-0.4, -0.2) is 26.8 Å². The van der Waals surface area contributed by atoms with Gasteiger partial charge in [-0.25, -0.2) is 4.39 Å². The molecule has 0 aliphatic heterocycles. The summed E-state index contributed by atoms with van der Waals surface area (Å²) in [6, 6.07) is 5.32. The van der Waals surface area contributed by atoms with E-state index >= 15 is 0 Å². The molecule has 1 aliphatic rings. The largest absolute Gasteiger partial charge is 0.383 e. The van der Waals surface area contributed by atoms with E-state index in [1.165, 1.54) is 18.1 Å². The molecule has 2 atom stereocenters. The monoisotopic (exact) mass is 301 g/mol. The van der Waals surface area contributed by atoms with E-state index in [0.29, 0.717) is 16.3 Å². The van der Waals surface area contributed by atoms with Crippen LogP contribution in [-0.2, 0) is 4.74 Å². The van der Waals surface area contributed by atoms with Gasteiger partial charge in [0.2, 0.25) is 0 Å². The van der Waals surface area contributed by atoms with Gasteiger partial charge >= 0.3 is 0 Å². The van der Waals surface area contributed by atoms with Gasteiger partial charge in [0, 0.05) is 13.7 Å². The number of nitrogens with one attached hydrogen (secondary N) is 1. The Morgan fingerprint density at radius 3 is 3.06 bits per heavy atom. The Kier molecular flexibility index (Phi) is 4.54. The van der Waals surface area contributed by atoms with Crippen molar-refractivity contribution in [3.05, 3.63) is 34.1 Å². The standard InChI is InChI=1S/C13H17BrFNO/c1-17-5-4-16-8-10-6-11(10)9-2-3-13(15)12(14)7-9/h2-3,7,10-11,16H,4-6,8H2,1H3. The number of methoxy groups -OCH3 is 1. The van der Waals surface area contributed by atoms with Gasteiger partial charge in [-0.15, -0.1) is 0 Å². The number of hydrogen-bond donors (Lipinski definition) is 1. The molecule has 0 saturated heterocycles. The predicted molar refractivity (Wildman–Crippen MR) is 69.7 cm³/mol. The molecule has 1 saturated carbocycles. The maximum atomic E-state index is 13.1. The minimum atomic E-state index is -0.191. The normalized spacial score (nSPS) is 22.8. The van der Waals surface area contributed by atoms with Crippen LogP contribution in [0.1, 0.15) is 17.9 Å². The average Bonchev–Trinajstić information content (AvgIpc) is 3.08. The van der Waals surface area contributed by atoms with Crippen molar-refractivity contribution in [2.24, 2.45) is 5.92 Å². The van der Waals surface area contributed by atoms with Crippen molar-refractivity contribution >= 4 is 15.9 Å². The number of halogens is 2. The van der Waals surface area contributed by atoms with Crippen LogP contribution in [0.5, 0.6) is 0 Å². The van der Waals surface area contributed by atoms with E-state index in [4.69, 9.17) is 4.74 Å². The fraction of sp³-hybridized carbons (Fsp3) is 0.538. The third-order valence-corrected chi connectivity index (χ3v) is 3.79. The lowest BCUT2D eigenvalue weighted by molar-refractivity contribution is 0.199. The Labute approximate surface area is 110 Å². The van der Waals surface area contributed by atoms with Gasteiger partial charge in [-0.1, -0.05) is 6.07 Å². The molecule has 1 aromatic carbocycles. The molecule has 0 amide bonds. The number of benzene rings is 1. The van der Waals surface area contributed by atoms with Gasteiger partial charge in [0.15, 0.2) is 0 Å². The topological polar surface area (TPSA) is 21.3 Å². The molecule has 2 rings (SSSR count). The summed E-state index contributed by atoms with van der Waals surface area (Å²) in [6.45, 7) is 2.66. The van der Waals surface area contributed by atoms with Crippen molar-refractivity contribution in [1.82, 2.24) is 5.32 Å². The van der Waals surface area contributed by atoms with Gasteiger partial charge in [-0.2, -0.15) is 0 Å². The Hall–Kier alpha value is -0.450. The van der Waals surface area contributed by atoms with Crippen LogP contribution in [0, 0.1) is 11.7 Å². The lowest BCUT2D eigenvalue weighted by atomic mass is 10.1.